The Labute approximate surface area is 205 Å². The zero-order valence-electron chi connectivity index (χ0n) is 20.2. The summed E-state index contributed by atoms with van der Waals surface area (Å²) >= 11 is 1.39. The Morgan fingerprint density at radius 2 is 1.88 bits per heavy atom. The topological polar surface area (TPSA) is 78.3 Å². The van der Waals surface area contributed by atoms with E-state index in [-0.39, 0.29) is 23.2 Å². The first-order chi connectivity index (χ1) is 16.3. The van der Waals surface area contributed by atoms with Crippen LogP contribution >= 0.6 is 11.8 Å². The summed E-state index contributed by atoms with van der Waals surface area (Å²) in [7, 11) is 1.65. The average Bonchev–Trinajstić information content (AvgIpc) is 3.48. The molecule has 2 aromatic carbocycles. The number of anilines is 1. The van der Waals surface area contributed by atoms with Crippen molar-refractivity contribution >= 4 is 23.4 Å². The number of hydrogen-bond acceptors (Lipinski definition) is 6. The molecule has 34 heavy (non-hydrogen) atoms. The van der Waals surface area contributed by atoms with Gasteiger partial charge in [-0.3, -0.25) is 9.36 Å². The quantitative estimate of drug-likeness (QED) is 0.449. The first-order valence-corrected chi connectivity index (χ1v) is 12.5. The lowest BCUT2D eigenvalue weighted by Gasteiger charge is -2.19. The molecule has 0 saturated carbocycles. The highest BCUT2D eigenvalue weighted by Gasteiger charge is 2.22. The molecule has 0 spiro atoms. The maximum absolute atomic E-state index is 12.6. The third-order valence-electron chi connectivity index (χ3n) is 5.84. The molecule has 1 atom stereocenters. The Kier molecular flexibility index (Phi) is 7.58. The number of methoxy groups -OCH3 is 1. The summed E-state index contributed by atoms with van der Waals surface area (Å²) in [6.07, 6.45) is 2.20. The van der Waals surface area contributed by atoms with Gasteiger partial charge in [-0.25, -0.2) is 0 Å². The summed E-state index contributed by atoms with van der Waals surface area (Å²) in [5.41, 5.74) is 3.04. The van der Waals surface area contributed by atoms with Gasteiger partial charge in [-0.1, -0.05) is 44.7 Å². The minimum absolute atomic E-state index is 0.0765. The van der Waals surface area contributed by atoms with Crippen LogP contribution in [0, 0.1) is 0 Å². The van der Waals surface area contributed by atoms with Gasteiger partial charge in [0, 0.05) is 17.9 Å². The zero-order chi connectivity index (χ0) is 24.1. The van der Waals surface area contributed by atoms with Gasteiger partial charge < -0.3 is 14.8 Å². The van der Waals surface area contributed by atoms with Gasteiger partial charge >= 0.3 is 0 Å². The molecular weight excluding hydrogens is 448 g/mol. The Bertz CT molecular complexity index is 1100. The van der Waals surface area contributed by atoms with E-state index in [4.69, 9.17) is 9.47 Å². The average molecular weight is 481 g/mol. The maximum atomic E-state index is 12.6. The van der Waals surface area contributed by atoms with Crippen LogP contribution in [-0.4, -0.2) is 46.2 Å². The number of carbonyl (C=O) groups is 1. The van der Waals surface area contributed by atoms with E-state index in [1.807, 2.05) is 36.4 Å². The molecule has 1 amide bonds. The molecule has 1 aliphatic heterocycles. The van der Waals surface area contributed by atoms with Crippen molar-refractivity contribution in [3.63, 3.8) is 0 Å². The van der Waals surface area contributed by atoms with E-state index in [1.54, 1.807) is 7.11 Å². The van der Waals surface area contributed by atoms with Gasteiger partial charge in [-0.15, -0.1) is 10.2 Å². The molecule has 0 aliphatic carbocycles. The summed E-state index contributed by atoms with van der Waals surface area (Å²) < 4.78 is 13.2. The second kappa shape index (κ2) is 10.6. The van der Waals surface area contributed by atoms with Crippen LogP contribution in [0.3, 0.4) is 0 Å². The highest BCUT2D eigenvalue weighted by Crippen LogP contribution is 2.28. The summed E-state index contributed by atoms with van der Waals surface area (Å²) in [6.45, 7) is 7.95. The fourth-order valence-electron chi connectivity index (χ4n) is 3.89. The lowest BCUT2D eigenvalue weighted by Crippen LogP contribution is -2.18. The zero-order valence-corrected chi connectivity index (χ0v) is 21.0. The van der Waals surface area contributed by atoms with Gasteiger partial charge in [-0.05, 0) is 60.2 Å². The van der Waals surface area contributed by atoms with Gasteiger partial charge in [0.25, 0.3) is 0 Å². The van der Waals surface area contributed by atoms with Crippen LogP contribution in [0.4, 0.5) is 5.69 Å². The lowest BCUT2D eigenvalue weighted by molar-refractivity contribution is -0.113. The van der Waals surface area contributed by atoms with Crippen LogP contribution in [0.5, 0.6) is 5.75 Å². The van der Waals surface area contributed by atoms with Gasteiger partial charge in [-0.2, -0.15) is 0 Å². The number of amides is 1. The molecule has 3 aromatic rings. The minimum Gasteiger partial charge on any atom is -0.497 e. The Morgan fingerprint density at radius 3 is 2.50 bits per heavy atom. The first kappa shape index (κ1) is 24.3. The number of aromatic nitrogens is 3. The number of nitrogens with zero attached hydrogens (tertiary/aromatic N) is 3. The lowest BCUT2D eigenvalue weighted by atomic mass is 9.87. The number of benzene rings is 2. The van der Waals surface area contributed by atoms with E-state index in [9.17, 15) is 4.79 Å². The normalized spacial score (nSPS) is 15.9. The maximum Gasteiger partial charge on any atom is 0.234 e. The number of nitrogens with one attached hydrogen (secondary N) is 1. The molecular formula is C26H32N4O3S. The van der Waals surface area contributed by atoms with Crippen molar-refractivity contribution in [1.82, 2.24) is 14.8 Å². The summed E-state index contributed by atoms with van der Waals surface area (Å²) in [4.78, 5) is 12.6. The molecule has 4 rings (SSSR count). The molecule has 7 nitrogen and oxygen atoms in total. The fourth-order valence-corrected chi connectivity index (χ4v) is 4.63. The van der Waals surface area contributed by atoms with Crippen LogP contribution in [-0.2, 0) is 21.5 Å². The van der Waals surface area contributed by atoms with Crippen LogP contribution in [0.1, 0.15) is 39.2 Å². The molecule has 180 valence electrons. The number of thioether (sulfide) groups is 1. The second-order valence-corrected chi connectivity index (χ2v) is 10.4. The van der Waals surface area contributed by atoms with Gasteiger partial charge in [0.1, 0.15) is 5.75 Å². The molecule has 0 bridgehead atoms. The Hall–Kier alpha value is -2.84. The van der Waals surface area contributed by atoms with E-state index >= 15 is 0 Å². The SMILES string of the molecule is COc1ccc(-c2nnc(SCC(=O)Nc3ccc(C(C)(C)C)cc3)n2CC2CCCO2)cc1. The third-order valence-corrected chi connectivity index (χ3v) is 6.81. The third kappa shape index (κ3) is 5.98. The Balaban J connectivity index is 1.46. The smallest absolute Gasteiger partial charge is 0.234 e. The van der Waals surface area contributed by atoms with E-state index in [0.29, 0.717) is 11.7 Å². The van der Waals surface area contributed by atoms with Crippen molar-refractivity contribution in [2.75, 3.05) is 24.8 Å². The molecule has 2 heterocycles. The predicted octanol–water partition coefficient (Wildman–Crippen LogP) is 5.16. The van der Waals surface area contributed by atoms with Crippen molar-refractivity contribution in [2.45, 2.75) is 56.8 Å². The first-order valence-electron chi connectivity index (χ1n) is 11.6. The highest BCUT2D eigenvalue weighted by molar-refractivity contribution is 7.99. The molecule has 1 aromatic heterocycles. The minimum atomic E-state index is -0.0776. The predicted molar refractivity (Wildman–Crippen MR) is 135 cm³/mol. The highest BCUT2D eigenvalue weighted by atomic mass is 32.2. The number of rotatable bonds is 8. The number of carbonyl (C=O) groups excluding carboxylic acids is 1. The summed E-state index contributed by atoms with van der Waals surface area (Å²) in [5.74, 6) is 1.72. The molecule has 8 heteroatoms. The van der Waals surface area contributed by atoms with Crippen molar-refractivity contribution < 1.29 is 14.3 Å². The van der Waals surface area contributed by atoms with Crippen molar-refractivity contribution in [3.05, 3.63) is 54.1 Å². The van der Waals surface area contributed by atoms with Crippen LogP contribution in [0.15, 0.2) is 53.7 Å². The molecule has 1 N–H and O–H groups in total. The van der Waals surface area contributed by atoms with Crippen molar-refractivity contribution in [1.29, 1.82) is 0 Å². The van der Waals surface area contributed by atoms with Crippen LogP contribution in [0.25, 0.3) is 11.4 Å². The van der Waals surface area contributed by atoms with E-state index in [1.165, 1.54) is 17.3 Å². The number of ether oxygens (including phenoxy) is 2. The molecule has 1 fully saturated rings. The van der Waals surface area contributed by atoms with E-state index < -0.39 is 0 Å². The van der Waals surface area contributed by atoms with E-state index in [0.717, 1.165) is 42.3 Å². The molecule has 1 unspecified atom stereocenters. The van der Waals surface area contributed by atoms with Gasteiger partial charge in [0.15, 0.2) is 11.0 Å². The molecule has 1 saturated heterocycles. The second-order valence-electron chi connectivity index (χ2n) is 9.44. The largest absolute Gasteiger partial charge is 0.497 e. The monoisotopic (exact) mass is 480 g/mol. The standard InChI is InChI=1S/C26H32N4O3S/c1-26(2,3)19-9-11-20(12-10-19)27-23(31)17-34-25-29-28-24(18-7-13-21(32-4)14-8-18)30(25)16-22-6-5-15-33-22/h7-14,22H,5-6,15-17H2,1-4H3,(H,27,31). The van der Waals surface area contributed by atoms with E-state index in [2.05, 4.69) is 53.0 Å². The molecule has 0 radical (unpaired) electrons. The fraction of sp³-hybridized carbons (Fsp3) is 0.423. The van der Waals surface area contributed by atoms with Crippen molar-refractivity contribution in [3.8, 4) is 17.1 Å². The van der Waals surface area contributed by atoms with Gasteiger partial charge in [0.2, 0.25) is 5.91 Å². The summed E-state index contributed by atoms with van der Waals surface area (Å²) in [6, 6.07) is 15.8. The Morgan fingerprint density at radius 1 is 1.15 bits per heavy atom. The van der Waals surface area contributed by atoms with Crippen LogP contribution < -0.4 is 10.1 Å². The summed E-state index contributed by atoms with van der Waals surface area (Å²) in [5, 5.41) is 12.5. The van der Waals surface area contributed by atoms with Crippen molar-refractivity contribution in [2.24, 2.45) is 0 Å². The molecule has 1 aliphatic rings. The van der Waals surface area contributed by atoms with Gasteiger partial charge in [0.05, 0.1) is 25.5 Å². The number of hydrogen-bond donors (Lipinski definition) is 1. The van der Waals surface area contributed by atoms with Crippen LogP contribution in [0.2, 0.25) is 0 Å².